The standard InChI is InChI=1S/C27H25ClN6O2/c1-2-36-23-14-24(27-21(15-29)17-31-34(27)18-23)20-6-7-25(30-16-20)32-8-10-33(11-9-32)26(35)13-19-4-3-5-22(28)12-19/h3-7,12,14,16-18H,2,8-11,13H2,1H3. The van der Waals surface area contributed by atoms with Gasteiger partial charge >= 0.3 is 0 Å². The van der Waals surface area contributed by atoms with Gasteiger partial charge in [0.1, 0.15) is 17.6 Å². The van der Waals surface area contributed by atoms with E-state index in [0.29, 0.717) is 55.5 Å². The molecule has 0 spiro atoms. The highest BCUT2D eigenvalue weighted by Gasteiger charge is 2.22. The van der Waals surface area contributed by atoms with Crippen molar-refractivity contribution in [1.29, 1.82) is 5.26 Å². The summed E-state index contributed by atoms with van der Waals surface area (Å²) < 4.78 is 7.37. The van der Waals surface area contributed by atoms with Gasteiger partial charge in [-0.2, -0.15) is 10.4 Å². The van der Waals surface area contributed by atoms with Crippen LogP contribution in [0.5, 0.6) is 5.75 Å². The minimum absolute atomic E-state index is 0.104. The fraction of sp³-hybridized carbons (Fsp3) is 0.259. The van der Waals surface area contributed by atoms with Crippen LogP contribution in [0, 0.1) is 11.3 Å². The van der Waals surface area contributed by atoms with Crippen molar-refractivity contribution in [3.05, 3.63) is 77.2 Å². The summed E-state index contributed by atoms with van der Waals surface area (Å²) in [6.07, 6.45) is 5.49. The Morgan fingerprint density at radius 2 is 1.97 bits per heavy atom. The summed E-state index contributed by atoms with van der Waals surface area (Å²) in [6, 6.07) is 15.5. The van der Waals surface area contributed by atoms with Gasteiger partial charge in [-0.3, -0.25) is 4.79 Å². The molecule has 1 saturated heterocycles. The molecule has 0 unspecified atom stereocenters. The maximum absolute atomic E-state index is 12.7. The number of hydrogen-bond acceptors (Lipinski definition) is 6. The average molecular weight is 501 g/mol. The summed E-state index contributed by atoms with van der Waals surface area (Å²) in [5.41, 5.74) is 3.86. The highest BCUT2D eigenvalue weighted by molar-refractivity contribution is 6.30. The molecule has 0 saturated carbocycles. The number of rotatable bonds is 6. The van der Waals surface area contributed by atoms with Gasteiger partial charge in [-0.05, 0) is 42.8 Å². The average Bonchev–Trinajstić information content (AvgIpc) is 3.32. The molecule has 8 nitrogen and oxygen atoms in total. The van der Waals surface area contributed by atoms with E-state index in [1.54, 1.807) is 16.9 Å². The molecule has 1 amide bonds. The maximum atomic E-state index is 12.7. The van der Waals surface area contributed by atoms with Crippen LogP contribution in [0.3, 0.4) is 0 Å². The van der Waals surface area contributed by atoms with Gasteiger partial charge < -0.3 is 14.5 Å². The molecule has 1 aromatic carbocycles. The van der Waals surface area contributed by atoms with Crippen molar-refractivity contribution in [3.63, 3.8) is 0 Å². The van der Waals surface area contributed by atoms with Gasteiger partial charge in [0.25, 0.3) is 0 Å². The Labute approximate surface area is 214 Å². The topological polar surface area (TPSA) is 86.8 Å². The van der Waals surface area contributed by atoms with Crippen molar-refractivity contribution in [3.8, 4) is 22.9 Å². The first kappa shape index (κ1) is 23.6. The first-order valence-electron chi connectivity index (χ1n) is 11.8. The van der Waals surface area contributed by atoms with Crippen molar-refractivity contribution in [2.75, 3.05) is 37.7 Å². The number of nitriles is 1. The molecular weight excluding hydrogens is 476 g/mol. The lowest BCUT2D eigenvalue weighted by Gasteiger charge is -2.35. The molecule has 0 atom stereocenters. The quantitative estimate of drug-likeness (QED) is 0.394. The zero-order valence-electron chi connectivity index (χ0n) is 19.9. The van der Waals surface area contributed by atoms with Gasteiger partial charge in [0, 0.05) is 48.5 Å². The maximum Gasteiger partial charge on any atom is 0.227 e. The number of hydrogen-bond donors (Lipinski definition) is 0. The molecule has 1 aliphatic rings. The van der Waals surface area contributed by atoms with Crippen molar-refractivity contribution < 1.29 is 9.53 Å². The van der Waals surface area contributed by atoms with Crippen LogP contribution >= 0.6 is 11.6 Å². The van der Waals surface area contributed by atoms with E-state index in [0.717, 1.165) is 28.0 Å². The number of benzene rings is 1. The Kier molecular flexibility index (Phi) is 6.74. The molecule has 4 heterocycles. The van der Waals surface area contributed by atoms with Crippen molar-refractivity contribution in [2.45, 2.75) is 13.3 Å². The van der Waals surface area contributed by atoms with E-state index in [2.05, 4.69) is 16.1 Å². The van der Waals surface area contributed by atoms with E-state index in [-0.39, 0.29) is 5.91 Å². The van der Waals surface area contributed by atoms with Crippen LogP contribution in [0.25, 0.3) is 16.6 Å². The van der Waals surface area contributed by atoms with Crippen molar-refractivity contribution in [2.24, 2.45) is 0 Å². The fourth-order valence-corrected chi connectivity index (χ4v) is 4.71. The van der Waals surface area contributed by atoms with Crippen LogP contribution in [-0.4, -0.2) is 58.2 Å². The lowest BCUT2D eigenvalue weighted by molar-refractivity contribution is -0.130. The summed E-state index contributed by atoms with van der Waals surface area (Å²) >= 11 is 6.05. The molecule has 3 aromatic heterocycles. The lowest BCUT2D eigenvalue weighted by atomic mass is 10.1. The van der Waals surface area contributed by atoms with Gasteiger partial charge in [0.15, 0.2) is 0 Å². The predicted octanol–water partition coefficient (Wildman–Crippen LogP) is 4.21. The van der Waals surface area contributed by atoms with Gasteiger partial charge in [-0.15, -0.1) is 0 Å². The molecule has 5 rings (SSSR count). The number of nitrogens with zero attached hydrogens (tertiary/aromatic N) is 6. The zero-order chi connectivity index (χ0) is 25.1. The van der Waals surface area contributed by atoms with Crippen LogP contribution < -0.4 is 9.64 Å². The minimum Gasteiger partial charge on any atom is -0.492 e. The highest BCUT2D eigenvalue weighted by Crippen LogP contribution is 2.31. The number of fused-ring (bicyclic) bond motifs is 1. The van der Waals surface area contributed by atoms with E-state index < -0.39 is 0 Å². The Morgan fingerprint density at radius 1 is 1.14 bits per heavy atom. The second-order valence-electron chi connectivity index (χ2n) is 8.57. The molecular formula is C27H25ClN6O2. The third-order valence-electron chi connectivity index (χ3n) is 6.28. The Bertz CT molecular complexity index is 1440. The number of carbonyl (C=O) groups is 1. The predicted molar refractivity (Wildman–Crippen MR) is 138 cm³/mol. The monoisotopic (exact) mass is 500 g/mol. The van der Waals surface area contributed by atoms with Gasteiger partial charge in [-0.25, -0.2) is 9.50 Å². The van der Waals surface area contributed by atoms with Crippen LogP contribution in [0.1, 0.15) is 18.1 Å². The van der Waals surface area contributed by atoms with Crippen LogP contribution in [-0.2, 0) is 11.2 Å². The van der Waals surface area contributed by atoms with Gasteiger partial charge in [-0.1, -0.05) is 23.7 Å². The number of amides is 1. The smallest absolute Gasteiger partial charge is 0.227 e. The number of anilines is 1. The number of aromatic nitrogens is 3. The lowest BCUT2D eigenvalue weighted by Crippen LogP contribution is -2.49. The van der Waals surface area contributed by atoms with Gasteiger partial charge in [0.05, 0.1) is 36.5 Å². The summed E-state index contributed by atoms with van der Waals surface area (Å²) in [5.74, 6) is 1.63. The molecule has 0 aliphatic carbocycles. The Hall–Kier alpha value is -4.09. The molecule has 9 heteroatoms. The molecule has 1 fully saturated rings. The van der Waals surface area contributed by atoms with Crippen LogP contribution in [0.15, 0.2) is 61.1 Å². The summed E-state index contributed by atoms with van der Waals surface area (Å²) in [7, 11) is 0. The van der Waals surface area contributed by atoms with E-state index in [1.807, 2.05) is 60.5 Å². The molecule has 1 aliphatic heterocycles. The highest BCUT2D eigenvalue weighted by atomic mass is 35.5. The first-order chi connectivity index (χ1) is 17.6. The normalized spacial score (nSPS) is 13.6. The van der Waals surface area contributed by atoms with E-state index >= 15 is 0 Å². The molecule has 0 radical (unpaired) electrons. The second-order valence-corrected chi connectivity index (χ2v) is 9.00. The SMILES string of the molecule is CCOc1cc(-c2ccc(N3CCN(C(=O)Cc4cccc(Cl)c4)CC3)nc2)c2c(C#N)cnn2c1. The molecule has 36 heavy (non-hydrogen) atoms. The third kappa shape index (κ3) is 4.83. The third-order valence-corrected chi connectivity index (χ3v) is 6.51. The fourth-order valence-electron chi connectivity index (χ4n) is 4.50. The van der Waals surface area contributed by atoms with Crippen molar-refractivity contribution >= 4 is 28.8 Å². The van der Waals surface area contributed by atoms with Gasteiger partial charge in [0.2, 0.25) is 5.91 Å². The molecule has 0 bridgehead atoms. The van der Waals surface area contributed by atoms with E-state index in [1.165, 1.54) is 0 Å². The molecule has 182 valence electrons. The number of ether oxygens (including phenoxy) is 1. The minimum atomic E-state index is 0.104. The number of pyridine rings is 2. The van der Waals surface area contributed by atoms with Crippen LogP contribution in [0.2, 0.25) is 5.02 Å². The summed E-state index contributed by atoms with van der Waals surface area (Å²) in [4.78, 5) is 21.5. The zero-order valence-corrected chi connectivity index (χ0v) is 20.6. The Balaban J connectivity index is 1.29. The molecule has 4 aromatic rings. The van der Waals surface area contributed by atoms with Crippen LogP contribution in [0.4, 0.5) is 5.82 Å². The summed E-state index contributed by atoms with van der Waals surface area (Å²) in [5, 5.41) is 14.5. The first-order valence-corrected chi connectivity index (χ1v) is 12.2. The molecule has 0 N–H and O–H groups in total. The Morgan fingerprint density at radius 3 is 2.67 bits per heavy atom. The second kappa shape index (κ2) is 10.3. The number of piperazine rings is 1. The number of carbonyl (C=O) groups excluding carboxylic acids is 1. The largest absolute Gasteiger partial charge is 0.492 e. The van der Waals surface area contributed by atoms with Crippen molar-refractivity contribution in [1.82, 2.24) is 19.5 Å². The van der Waals surface area contributed by atoms with E-state index in [9.17, 15) is 10.1 Å². The number of halogens is 1. The summed E-state index contributed by atoms with van der Waals surface area (Å²) in [6.45, 7) is 5.15. The van der Waals surface area contributed by atoms with E-state index in [4.69, 9.17) is 21.3 Å².